The largest absolute Gasteiger partial charge is 0.495 e. The highest BCUT2D eigenvalue weighted by atomic mass is 16.6. The molecule has 4 atom stereocenters. The highest BCUT2D eigenvalue weighted by molar-refractivity contribution is 6.06. The Balaban J connectivity index is 0.814. The van der Waals surface area contributed by atoms with E-state index in [9.17, 15) is 43.2 Å². The third-order valence-electron chi connectivity index (χ3n) is 17.8. The highest BCUT2D eigenvalue weighted by Crippen LogP contribution is 2.41. The van der Waals surface area contributed by atoms with Crippen molar-refractivity contribution < 1.29 is 66.8 Å². The van der Waals surface area contributed by atoms with E-state index in [1.54, 1.807) is 126 Å². The van der Waals surface area contributed by atoms with Gasteiger partial charge in [-0.25, -0.2) is 19.4 Å². The fourth-order valence-corrected chi connectivity index (χ4v) is 12.7. The van der Waals surface area contributed by atoms with Crippen LogP contribution in [0.4, 0.5) is 32.7 Å². The van der Waals surface area contributed by atoms with Crippen molar-refractivity contribution in [1.29, 1.82) is 0 Å². The summed E-state index contributed by atoms with van der Waals surface area (Å²) in [7, 11) is 3.28. The van der Waals surface area contributed by atoms with Crippen molar-refractivity contribution in [3.8, 4) is 23.3 Å². The Kier molecular flexibility index (Phi) is 23.1. The molecule has 5 N–H and O–H groups in total. The number of fused-ring (bicyclic) bond motifs is 2. The number of alkyl carbamates (subject to hydrolysis) is 1. The summed E-state index contributed by atoms with van der Waals surface area (Å²) >= 11 is 0. The van der Waals surface area contributed by atoms with Gasteiger partial charge in [0, 0.05) is 67.8 Å². The molecule has 1 unspecified atom stereocenters. The maximum atomic E-state index is 14.2. The van der Waals surface area contributed by atoms with E-state index >= 15 is 0 Å². The van der Waals surface area contributed by atoms with E-state index in [2.05, 4.69) is 48.3 Å². The van der Waals surface area contributed by atoms with Gasteiger partial charge in [-0.1, -0.05) is 77.5 Å². The SMILES string of the molecule is CC[C@@H]1C(=O)N(C)c2cnc(Nc3ccc(C(=O)NC4CCC(N(CCOCCC#Cc5cccc6c5CN(C5CCC(=O)NC5=O)C6=O)C(=O)OCc5ccc(OC(=O)[C@@H](NC(=O)[C@@H](NC(=O)OC(C)(C)C)C(C)C)C(C)C)cc5)CC4)cc3OC)nc2N1C1CCCC1. The van der Waals surface area contributed by atoms with Gasteiger partial charge >= 0.3 is 18.2 Å². The fourth-order valence-electron chi connectivity index (χ4n) is 12.7. The van der Waals surface area contributed by atoms with Crippen LogP contribution in [0.3, 0.4) is 0 Å². The minimum absolute atomic E-state index is 0.0261. The van der Waals surface area contributed by atoms with E-state index in [0.717, 1.165) is 31.2 Å². The Morgan fingerprint density at radius 1 is 0.863 bits per heavy atom. The molecular weight excluding hydrogens is 1220 g/mol. The number of nitrogens with zero attached hydrogens (tertiary/aromatic N) is 6. The van der Waals surface area contributed by atoms with Crippen LogP contribution >= 0.6 is 0 Å². The number of imide groups is 1. The zero-order valence-corrected chi connectivity index (χ0v) is 56.0. The second-order valence-electron chi connectivity index (χ2n) is 26.4. The number of rotatable bonds is 23. The summed E-state index contributed by atoms with van der Waals surface area (Å²) in [4.78, 5) is 136. The van der Waals surface area contributed by atoms with Crippen molar-refractivity contribution in [2.24, 2.45) is 11.8 Å². The van der Waals surface area contributed by atoms with Crippen LogP contribution in [0.5, 0.6) is 11.5 Å². The van der Waals surface area contributed by atoms with Crippen LogP contribution in [-0.2, 0) is 51.3 Å². The van der Waals surface area contributed by atoms with Crippen LogP contribution in [0.2, 0.25) is 0 Å². The zero-order chi connectivity index (χ0) is 68.3. The molecule has 508 valence electrons. The summed E-state index contributed by atoms with van der Waals surface area (Å²) in [6, 6.07) is 13.5. The van der Waals surface area contributed by atoms with Gasteiger partial charge in [-0.3, -0.25) is 34.1 Å². The van der Waals surface area contributed by atoms with E-state index in [-0.39, 0.29) is 111 Å². The molecule has 25 nitrogen and oxygen atoms in total. The number of likely N-dealkylation sites (N-methyl/N-ethyl adjacent to an activating group) is 1. The van der Waals surface area contributed by atoms with Gasteiger partial charge in [0.1, 0.15) is 53.6 Å². The van der Waals surface area contributed by atoms with Crippen LogP contribution in [0, 0.1) is 23.7 Å². The van der Waals surface area contributed by atoms with Crippen molar-refractivity contribution >= 4 is 76.7 Å². The van der Waals surface area contributed by atoms with E-state index in [1.165, 1.54) is 12.0 Å². The predicted octanol–water partition coefficient (Wildman–Crippen LogP) is 8.23. The molecule has 2 saturated carbocycles. The Morgan fingerprint density at radius 2 is 1.59 bits per heavy atom. The van der Waals surface area contributed by atoms with Gasteiger partial charge in [0.25, 0.3) is 11.8 Å². The number of hydrogen-bond acceptors (Lipinski definition) is 18. The molecule has 3 aliphatic heterocycles. The number of carbonyl (C=O) groups excluding carboxylic acids is 9. The van der Waals surface area contributed by atoms with Crippen molar-refractivity contribution in [2.75, 3.05) is 49.0 Å². The number of ether oxygens (including phenoxy) is 5. The van der Waals surface area contributed by atoms with Gasteiger partial charge < -0.3 is 64.6 Å². The standard InChI is InChI=1S/C70H89N11O14/c1-11-53-65(87)78(9)55-38-71-67(77-60(55)81(53)48-19-12-13-20-48)73-52-31-24-45(37-56(52)91-10)61(83)72-46-25-27-47(28-26-46)79(34-36-92-35-15-14-17-44-18-16-21-50-51(44)39-80(64(50)86)54-32-33-57(82)74-62(54)84)69(90)93-40-43-22-29-49(30-23-43)94-66(88)59(42(4)5)75-63(85)58(41(2)3)76-68(89)95-70(6,7)8/h16,18,21-24,29-31,37-38,41-42,46-48,53-54,58-59H,11-13,15,19-20,25-28,32-36,39-40H2,1-10H3,(H,72,83)(H,75,85)(H,76,89)(H,71,73,77)(H,74,82,84)/t46?,47?,53-,54?,58+,59+/m1/s1. The number of aromatic nitrogens is 2. The van der Waals surface area contributed by atoms with Gasteiger partial charge in [-0.15, -0.1) is 0 Å². The second-order valence-corrected chi connectivity index (χ2v) is 26.4. The molecule has 95 heavy (non-hydrogen) atoms. The number of benzene rings is 3. The van der Waals surface area contributed by atoms with Gasteiger partial charge in [0.05, 0.1) is 32.2 Å². The van der Waals surface area contributed by atoms with Gasteiger partial charge in [-0.2, -0.15) is 4.98 Å². The highest BCUT2D eigenvalue weighted by Gasteiger charge is 2.43. The van der Waals surface area contributed by atoms with Crippen molar-refractivity contribution in [3.05, 3.63) is 94.7 Å². The third-order valence-corrected chi connectivity index (χ3v) is 17.8. The lowest BCUT2D eigenvalue weighted by molar-refractivity contribution is -0.141. The summed E-state index contributed by atoms with van der Waals surface area (Å²) in [5.74, 6) is 4.54. The summed E-state index contributed by atoms with van der Waals surface area (Å²) in [5, 5.41) is 14.2. The Hall–Kier alpha value is -9.31. The monoisotopic (exact) mass is 1310 g/mol. The molecule has 4 heterocycles. The number of methoxy groups -OCH3 is 1. The predicted molar refractivity (Wildman–Crippen MR) is 353 cm³/mol. The van der Waals surface area contributed by atoms with Crippen LogP contribution in [0.1, 0.15) is 170 Å². The number of amides is 8. The molecule has 5 aliphatic rings. The molecule has 3 aromatic carbocycles. The lowest BCUT2D eigenvalue weighted by Crippen LogP contribution is -2.56. The summed E-state index contributed by atoms with van der Waals surface area (Å²) in [6.07, 6.45) is 8.09. The molecular formula is C70H89N11O14. The molecule has 25 heteroatoms. The average Bonchev–Trinajstić information content (AvgIpc) is 1.17. The summed E-state index contributed by atoms with van der Waals surface area (Å²) in [5.41, 5.74) is 3.24. The first kappa shape index (κ1) is 70.0. The number of nitrogens with one attached hydrogen (secondary N) is 5. The van der Waals surface area contributed by atoms with Crippen molar-refractivity contribution in [3.63, 3.8) is 0 Å². The van der Waals surface area contributed by atoms with Gasteiger partial charge in [0.2, 0.25) is 29.6 Å². The maximum Gasteiger partial charge on any atom is 0.410 e. The molecule has 0 spiro atoms. The van der Waals surface area contributed by atoms with Crippen molar-refractivity contribution in [2.45, 2.75) is 193 Å². The minimum atomic E-state index is -1.06. The number of carbonyl (C=O) groups is 9. The van der Waals surface area contributed by atoms with Crippen molar-refractivity contribution in [1.82, 2.24) is 41.0 Å². The zero-order valence-electron chi connectivity index (χ0n) is 56.0. The minimum Gasteiger partial charge on any atom is -0.495 e. The topological polar surface area (TPSA) is 299 Å². The first-order valence-corrected chi connectivity index (χ1v) is 33.0. The number of esters is 1. The molecule has 1 aromatic heterocycles. The van der Waals surface area contributed by atoms with E-state index in [4.69, 9.17) is 28.7 Å². The van der Waals surface area contributed by atoms with Crippen LogP contribution < -0.4 is 45.9 Å². The van der Waals surface area contributed by atoms with E-state index in [1.807, 2.05) is 13.0 Å². The molecule has 4 aromatic rings. The number of anilines is 4. The molecule has 2 aliphatic carbocycles. The van der Waals surface area contributed by atoms with Gasteiger partial charge in [-0.05, 0) is 138 Å². The number of piperidine rings is 1. The van der Waals surface area contributed by atoms with Crippen LogP contribution in [0.25, 0.3) is 0 Å². The summed E-state index contributed by atoms with van der Waals surface area (Å²) < 4.78 is 28.9. The Morgan fingerprint density at radius 3 is 2.26 bits per heavy atom. The smallest absolute Gasteiger partial charge is 0.410 e. The first-order chi connectivity index (χ1) is 45.4. The molecule has 8 amide bonds. The molecule has 1 saturated heterocycles. The second kappa shape index (κ2) is 31.3. The summed E-state index contributed by atoms with van der Waals surface area (Å²) in [6.45, 7) is 14.9. The van der Waals surface area contributed by atoms with Crippen LogP contribution in [-0.4, -0.2) is 155 Å². The lowest BCUT2D eigenvalue weighted by Gasteiger charge is -2.43. The van der Waals surface area contributed by atoms with E-state index in [0.29, 0.717) is 89.7 Å². The van der Waals surface area contributed by atoms with Crippen LogP contribution in [0.15, 0.2) is 66.9 Å². The number of hydrogen-bond donors (Lipinski definition) is 5. The fraction of sp³-hybridized carbons (Fsp3) is 0.529. The molecule has 0 bridgehead atoms. The quantitative estimate of drug-likeness (QED) is 0.0154. The van der Waals surface area contributed by atoms with E-state index < -0.39 is 53.7 Å². The lowest BCUT2D eigenvalue weighted by atomic mass is 9.90. The molecule has 3 fully saturated rings. The maximum absolute atomic E-state index is 14.2. The Labute approximate surface area is 554 Å². The first-order valence-electron chi connectivity index (χ1n) is 33.0. The molecule has 9 rings (SSSR count). The average molecular weight is 1310 g/mol. The molecule has 0 radical (unpaired) electrons. The third kappa shape index (κ3) is 17.4. The normalized spacial score (nSPS) is 19.4. The Bertz CT molecular complexity index is 3570. The van der Waals surface area contributed by atoms with Gasteiger partial charge in [0.15, 0.2) is 5.82 Å².